The van der Waals surface area contributed by atoms with Crippen LogP contribution in [0.2, 0.25) is 0 Å². The molecule has 0 radical (unpaired) electrons. The van der Waals surface area contributed by atoms with Crippen molar-refractivity contribution in [2.24, 2.45) is 10.9 Å². The smallest absolute Gasteiger partial charge is 0.392 e. The van der Waals surface area contributed by atoms with E-state index in [-0.39, 0.29) is 25.1 Å². The molecule has 0 aromatic heterocycles. The Labute approximate surface area is 174 Å². The number of anilines is 2. The summed E-state index contributed by atoms with van der Waals surface area (Å²) in [5, 5.41) is 1.72. The van der Waals surface area contributed by atoms with Gasteiger partial charge in [0.1, 0.15) is 17.6 Å². The summed E-state index contributed by atoms with van der Waals surface area (Å²) >= 11 is 0. The van der Waals surface area contributed by atoms with Crippen LogP contribution in [0.4, 0.5) is 24.5 Å². The second-order valence-electron chi connectivity index (χ2n) is 7.47. The second-order valence-corrected chi connectivity index (χ2v) is 9.31. The number of nitrogens with one attached hydrogen (secondary N) is 2. The number of methoxy groups -OCH3 is 1. The average molecular weight is 449 g/mol. The zero-order chi connectivity index (χ0) is 22.1. The lowest BCUT2D eigenvalue weighted by Crippen LogP contribution is -2.41. The summed E-state index contributed by atoms with van der Waals surface area (Å²) in [5.41, 5.74) is 5.03. The van der Waals surface area contributed by atoms with E-state index in [4.69, 9.17) is 4.74 Å². The minimum atomic E-state index is -4.29. The van der Waals surface area contributed by atoms with Crippen LogP contribution in [0.5, 0.6) is 5.75 Å². The van der Waals surface area contributed by atoms with E-state index in [2.05, 4.69) is 15.1 Å². The van der Waals surface area contributed by atoms with Gasteiger partial charge in [-0.2, -0.15) is 13.2 Å². The van der Waals surface area contributed by atoms with E-state index in [1.807, 2.05) is 6.07 Å². The van der Waals surface area contributed by atoms with Gasteiger partial charge in [0.05, 0.1) is 24.5 Å². The average Bonchev–Trinajstić information content (AvgIpc) is 3.07. The largest absolute Gasteiger partial charge is 0.494 e. The molecule has 1 aromatic carbocycles. The summed E-state index contributed by atoms with van der Waals surface area (Å²) < 4.78 is 72.4. The first kappa shape index (κ1) is 22.6. The van der Waals surface area contributed by atoms with Gasteiger partial charge in [-0.25, -0.2) is 13.8 Å². The Balaban J connectivity index is 1.68. The number of nitrogens with zero attached hydrogens (tertiary/aromatic N) is 3. The summed E-state index contributed by atoms with van der Waals surface area (Å²) in [6.07, 6.45) is -4.04. The van der Waals surface area contributed by atoms with Gasteiger partial charge in [0.25, 0.3) is 0 Å². The van der Waals surface area contributed by atoms with Crippen molar-refractivity contribution in [3.8, 4) is 5.75 Å². The van der Waals surface area contributed by atoms with Crippen molar-refractivity contribution >= 4 is 27.6 Å². The fourth-order valence-electron chi connectivity index (χ4n) is 3.60. The molecule has 3 rings (SSSR count). The molecule has 8 nitrogen and oxygen atoms in total. The Bertz CT molecular complexity index is 907. The van der Waals surface area contributed by atoms with Crippen molar-refractivity contribution in [3.05, 3.63) is 17.7 Å². The van der Waals surface area contributed by atoms with E-state index < -0.39 is 28.3 Å². The van der Waals surface area contributed by atoms with E-state index in [0.29, 0.717) is 23.7 Å². The molecule has 2 N–H and O–H groups in total. The highest BCUT2D eigenvalue weighted by molar-refractivity contribution is 7.92. The molecule has 12 heteroatoms. The number of halogens is 3. The molecule has 0 saturated carbocycles. The SMILES string of the molecule is COc1ccc2c(c1NS(=O)(=O)CCN(C)C1CC(C(F)(F)F)CC=N1)N(C)NC2. The number of benzene rings is 1. The van der Waals surface area contributed by atoms with Crippen LogP contribution >= 0.6 is 0 Å². The monoisotopic (exact) mass is 449 g/mol. The molecule has 2 heterocycles. The Morgan fingerprint density at radius 2 is 2.13 bits per heavy atom. The van der Waals surface area contributed by atoms with E-state index in [9.17, 15) is 21.6 Å². The van der Waals surface area contributed by atoms with Gasteiger partial charge in [-0.1, -0.05) is 6.07 Å². The van der Waals surface area contributed by atoms with Crippen molar-refractivity contribution in [2.45, 2.75) is 31.7 Å². The van der Waals surface area contributed by atoms with Crippen LogP contribution in [0.3, 0.4) is 0 Å². The van der Waals surface area contributed by atoms with Crippen molar-refractivity contribution in [1.29, 1.82) is 0 Å². The lowest BCUT2D eigenvalue weighted by molar-refractivity contribution is -0.178. The molecule has 2 aliphatic heterocycles. The topological polar surface area (TPSA) is 86.3 Å². The Hall–Kier alpha value is -2.05. The molecular formula is C18H26F3N5O3S. The number of sulfonamides is 1. The van der Waals surface area contributed by atoms with E-state index in [0.717, 1.165) is 5.56 Å². The van der Waals surface area contributed by atoms with Crippen LogP contribution < -0.4 is 19.9 Å². The number of hydrogen-bond donors (Lipinski definition) is 2. The second kappa shape index (κ2) is 8.60. The molecule has 2 unspecified atom stereocenters. The Morgan fingerprint density at radius 1 is 1.40 bits per heavy atom. The predicted molar refractivity (Wildman–Crippen MR) is 109 cm³/mol. The number of ether oxygens (including phenoxy) is 1. The van der Waals surface area contributed by atoms with Gasteiger partial charge in [-0.3, -0.25) is 14.6 Å². The molecule has 0 saturated heterocycles. The molecule has 30 heavy (non-hydrogen) atoms. The third-order valence-corrected chi connectivity index (χ3v) is 6.63. The molecule has 168 valence electrons. The zero-order valence-corrected chi connectivity index (χ0v) is 17.8. The molecule has 0 amide bonds. The molecule has 1 aromatic rings. The van der Waals surface area contributed by atoms with Gasteiger partial charge in [-0.15, -0.1) is 0 Å². The third kappa shape index (κ3) is 4.98. The van der Waals surface area contributed by atoms with Crippen LogP contribution in [-0.4, -0.2) is 65.4 Å². The van der Waals surface area contributed by atoms with Gasteiger partial charge in [-0.05, 0) is 31.5 Å². The lowest BCUT2D eigenvalue weighted by Gasteiger charge is -2.31. The fourth-order valence-corrected chi connectivity index (χ4v) is 4.73. The molecular weight excluding hydrogens is 423 g/mol. The van der Waals surface area contributed by atoms with Gasteiger partial charge in [0.15, 0.2) is 0 Å². The van der Waals surface area contributed by atoms with Crippen molar-refractivity contribution in [3.63, 3.8) is 0 Å². The first-order valence-corrected chi connectivity index (χ1v) is 11.1. The van der Waals surface area contributed by atoms with E-state index in [1.54, 1.807) is 25.2 Å². The van der Waals surface area contributed by atoms with Crippen molar-refractivity contribution < 1.29 is 26.3 Å². The lowest BCUT2D eigenvalue weighted by atomic mass is 9.97. The first-order chi connectivity index (χ1) is 14.0. The number of aliphatic imine (C=N–C) groups is 1. The molecule has 2 aliphatic rings. The standard InChI is InChI=1S/C18H26F3N5O3S/c1-25(15-10-13(6-7-22-15)18(19,20)21)8-9-30(27,28)24-16-14(29-3)5-4-12-11-23-26(2)17(12)16/h4-5,7,13,15,23-24H,6,8-11H2,1-3H3. The molecule has 0 fully saturated rings. The summed E-state index contributed by atoms with van der Waals surface area (Å²) in [5.74, 6) is -1.38. The summed E-state index contributed by atoms with van der Waals surface area (Å²) in [6.45, 7) is 0.598. The number of rotatable bonds is 7. The van der Waals surface area contributed by atoms with Crippen LogP contribution in [-0.2, 0) is 16.6 Å². The molecule has 0 aliphatic carbocycles. The molecule has 0 bridgehead atoms. The highest BCUT2D eigenvalue weighted by Gasteiger charge is 2.42. The van der Waals surface area contributed by atoms with Crippen molar-refractivity contribution in [2.75, 3.05) is 43.2 Å². The maximum Gasteiger partial charge on any atom is 0.392 e. The number of alkyl halides is 3. The Morgan fingerprint density at radius 3 is 2.80 bits per heavy atom. The fraction of sp³-hybridized carbons (Fsp3) is 0.611. The van der Waals surface area contributed by atoms with Crippen LogP contribution in [0, 0.1) is 5.92 Å². The van der Waals surface area contributed by atoms with Crippen LogP contribution in [0.1, 0.15) is 18.4 Å². The highest BCUT2D eigenvalue weighted by atomic mass is 32.2. The minimum absolute atomic E-state index is 0.0351. The molecule has 0 spiro atoms. The van der Waals surface area contributed by atoms with Gasteiger partial charge < -0.3 is 9.75 Å². The maximum atomic E-state index is 13.0. The highest BCUT2D eigenvalue weighted by Crippen LogP contribution is 2.40. The zero-order valence-electron chi connectivity index (χ0n) is 17.0. The summed E-state index contributed by atoms with van der Waals surface area (Å²) in [7, 11) is 1.02. The number of hydrogen-bond acceptors (Lipinski definition) is 7. The van der Waals surface area contributed by atoms with Crippen LogP contribution in [0.25, 0.3) is 0 Å². The van der Waals surface area contributed by atoms with Crippen molar-refractivity contribution in [1.82, 2.24) is 10.3 Å². The summed E-state index contributed by atoms with van der Waals surface area (Å²) in [4.78, 5) is 5.65. The normalized spacial score (nSPS) is 21.8. The number of fused-ring (bicyclic) bond motifs is 1. The third-order valence-electron chi connectivity index (χ3n) is 5.39. The van der Waals surface area contributed by atoms with Gasteiger partial charge in [0, 0.05) is 26.4 Å². The quantitative estimate of drug-likeness (QED) is 0.664. The van der Waals surface area contributed by atoms with Gasteiger partial charge in [0.2, 0.25) is 10.0 Å². The maximum absolute atomic E-state index is 13.0. The van der Waals surface area contributed by atoms with E-state index in [1.165, 1.54) is 18.2 Å². The van der Waals surface area contributed by atoms with E-state index >= 15 is 0 Å². The molecule has 2 atom stereocenters. The predicted octanol–water partition coefficient (Wildman–Crippen LogP) is 2.19. The number of hydrazine groups is 1. The van der Waals surface area contributed by atoms with Gasteiger partial charge >= 0.3 is 6.18 Å². The minimum Gasteiger partial charge on any atom is -0.494 e. The van der Waals surface area contributed by atoms with Crippen LogP contribution in [0.15, 0.2) is 17.1 Å². The Kier molecular flexibility index (Phi) is 6.48. The summed E-state index contributed by atoms with van der Waals surface area (Å²) in [6, 6.07) is 3.55. The first-order valence-electron chi connectivity index (χ1n) is 9.48.